The number of hydrogen-bond acceptors (Lipinski definition) is 2. The third-order valence-corrected chi connectivity index (χ3v) is 4.31. The maximum Gasteiger partial charge on any atom is 0.0998 e. The van der Waals surface area contributed by atoms with Crippen LogP contribution in [-0.2, 0) is 0 Å². The van der Waals surface area contributed by atoms with E-state index in [0.29, 0.717) is 10.6 Å². The number of rotatable bonds is 3. The Morgan fingerprint density at radius 1 is 1.17 bits per heavy atom. The van der Waals surface area contributed by atoms with Crippen LogP contribution in [0.1, 0.15) is 22.5 Å². The SMILES string of the molecule is Cc1cc(C=C(C#N)c2ccccc2Cl)c(C)n1-c1ccncc1. The number of benzene rings is 1. The molecule has 0 amide bonds. The molecule has 0 aliphatic rings. The van der Waals surface area contributed by atoms with Crippen molar-refractivity contribution in [3.05, 3.63) is 82.4 Å². The zero-order valence-corrected chi connectivity index (χ0v) is 14.2. The number of allylic oxidation sites excluding steroid dienone is 1. The van der Waals surface area contributed by atoms with Crippen molar-refractivity contribution in [1.29, 1.82) is 5.26 Å². The van der Waals surface area contributed by atoms with Crippen molar-refractivity contribution >= 4 is 23.3 Å². The van der Waals surface area contributed by atoms with Gasteiger partial charge in [0.2, 0.25) is 0 Å². The van der Waals surface area contributed by atoms with Crippen molar-refractivity contribution in [3.8, 4) is 11.8 Å². The van der Waals surface area contributed by atoms with Gasteiger partial charge >= 0.3 is 0 Å². The first-order valence-corrected chi connectivity index (χ1v) is 7.95. The van der Waals surface area contributed by atoms with E-state index in [0.717, 1.165) is 28.2 Å². The molecule has 3 nitrogen and oxygen atoms in total. The van der Waals surface area contributed by atoms with Crippen molar-refractivity contribution in [2.75, 3.05) is 0 Å². The van der Waals surface area contributed by atoms with E-state index in [1.165, 1.54) is 0 Å². The molecule has 0 spiro atoms. The molecule has 2 aromatic heterocycles. The minimum Gasteiger partial charge on any atom is -0.318 e. The van der Waals surface area contributed by atoms with Gasteiger partial charge in [-0.2, -0.15) is 5.26 Å². The van der Waals surface area contributed by atoms with Gasteiger partial charge < -0.3 is 4.57 Å². The summed E-state index contributed by atoms with van der Waals surface area (Å²) in [4.78, 5) is 4.07. The highest BCUT2D eigenvalue weighted by Crippen LogP contribution is 2.28. The smallest absolute Gasteiger partial charge is 0.0998 e. The summed E-state index contributed by atoms with van der Waals surface area (Å²) in [5, 5.41) is 10.1. The first-order chi connectivity index (χ1) is 11.6. The molecule has 24 heavy (non-hydrogen) atoms. The third-order valence-electron chi connectivity index (χ3n) is 3.98. The summed E-state index contributed by atoms with van der Waals surface area (Å²) >= 11 is 6.23. The molecule has 0 saturated heterocycles. The lowest BCUT2D eigenvalue weighted by Gasteiger charge is -2.09. The maximum absolute atomic E-state index is 9.56. The van der Waals surface area contributed by atoms with E-state index in [-0.39, 0.29) is 0 Å². The maximum atomic E-state index is 9.56. The number of pyridine rings is 1. The Balaban J connectivity index is 2.11. The molecule has 0 aliphatic heterocycles. The van der Waals surface area contributed by atoms with Gasteiger partial charge in [-0.3, -0.25) is 4.98 Å². The average Bonchev–Trinajstić information content (AvgIpc) is 2.88. The summed E-state index contributed by atoms with van der Waals surface area (Å²) in [5.74, 6) is 0. The Kier molecular flexibility index (Phi) is 4.50. The predicted molar refractivity (Wildman–Crippen MR) is 98.0 cm³/mol. The van der Waals surface area contributed by atoms with E-state index < -0.39 is 0 Å². The largest absolute Gasteiger partial charge is 0.318 e. The van der Waals surface area contributed by atoms with Crippen LogP contribution in [0.2, 0.25) is 5.02 Å². The molecule has 2 heterocycles. The number of hydrogen-bond donors (Lipinski definition) is 0. The number of aromatic nitrogens is 2. The van der Waals surface area contributed by atoms with E-state index in [9.17, 15) is 5.26 Å². The highest BCUT2D eigenvalue weighted by molar-refractivity contribution is 6.32. The minimum atomic E-state index is 0.551. The molecule has 3 aromatic rings. The van der Waals surface area contributed by atoms with Crippen LogP contribution >= 0.6 is 11.6 Å². The van der Waals surface area contributed by atoms with Gasteiger partial charge in [0, 0.05) is 40.1 Å². The third kappa shape index (κ3) is 2.97. The number of halogens is 1. The highest BCUT2D eigenvalue weighted by Gasteiger charge is 2.12. The molecule has 0 aliphatic carbocycles. The van der Waals surface area contributed by atoms with Crippen molar-refractivity contribution in [2.24, 2.45) is 0 Å². The second-order valence-corrected chi connectivity index (χ2v) is 5.92. The monoisotopic (exact) mass is 333 g/mol. The van der Waals surface area contributed by atoms with Crippen molar-refractivity contribution in [1.82, 2.24) is 9.55 Å². The fourth-order valence-electron chi connectivity index (χ4n) is 2.83. The van der Waals surface area contributed by atoms with Gasteiger partial charge in [0.1, 0.15) is 0 Å². The molecule has 0 radical (unpaired) electrons. The van der Waals surface area contributed by atoms with Crippen LogP contribution in [0.25, 0.3) is 17.3 Å². The van der Waals surface area contributed by atoms with Gasteiger partial charge in [-0.05, 0) is 49.8 Å². The zero-order valence-electron chi connectivity index (χ0n) is 13.5. The van der Waals surface area contributed by atoms with E-state index >= 15 is 0 Å². The minimum absolute atomic E-state index is 0.551. The van der Waals surface area contributed by atoms with Crippen molar-refractivity contribution < 1.29 is 0 Å². The van der Waals surface area contributed by atoms with Crippen LogP contribution < -0.4 is 0 Å². The summed E-state index contributed by atoms with van der Waals surface area (Å²) in [6, 6.07) is 15.7. The Morgan fingerprint density at radius 2 is 1.88 bits per heavy atom. The molecule has 0 atom stereocenters. The van der Waals surface area contributed by atoms with Crippen molar-refractivity contribution in [2.45, 2.75) is 13.8 Å². The lowest BCUT2D eigenvalue weighted by atomic mass is 10.0. The van der Waals surface area contributed by atoms with Gasteiger partial charge in [-0.1, -0.05) is 29.8 Å². The summed E-state index contributed by atoms with van der Waals surface area (Å²) < 4.78 is 2.15. The van der Waals surface area contributed by atoms with Crippen molar-refractivity contribution in [3.63, 3.8) is 0 Å². The number of aryl methyl sites for hydroxylation is 1. The fourth-order valence-corrected chi connectivity index (χ4v) is 3.07. The lowest BCUT2D eigenvalue weighted by Crippen LogP contribution is -1.98. The van der Waals surface area contributed by atoms with Gasteiger partial charge in [-0.15, -0.1) is 0 Å². The van der Waals surface area contributed by atoms with E-state index in [1.807, 2.05) is 50.3 Å². The van der Waals surface area contributed by atoms with E-state index in [1.54, 1.807) is 18.5 Å². The van der Waals surface area contributed by atoms with Gasteiger partial charge in [0.05, 0.1) is 11.6 Å². The normalized spacial score (nSPS) is 11.3. The van der Waals surface area contributed by atoms with Crippen LogP contribution in [0.15, 0.2) is 54.9 Å². The fraction of sp³-hybridized carbons (Fsp3) is 0.100. The van der Waals surface area contributed by atoms with Crippen LogP contribution in [0.4, 0.5) is 0 Å². The van der Waals surface area contributed by atoms with E-state index in [2.05, 4.69) is 21.7 Å². The first kappa shape index (κ1) is 16.0. The second kappa shape index (κ2) is 6.74. The van der Waals surface area contributed by atoms with Crippen LogP contribution in [0.3, 0.4) is 0 Å². The molecule has 1 aromatic carbocycles. The topological polar surface area (TPSA) is 41.6 Å². The zero-order chi connectivity index (χ0) is 17.1. The molecule has 3 rings (SSSR count). The highest BCUT2D eigenvalue weighted by atomic mass is 35.5. The Labute approximate surface area is 146 Å². The molecule has 0 fully saturated rings. The van der Waals surface area contributed by atoms with Crippen LogP contribution in [0.5, 0.6) is 0 Å². The van der Waals surface area contributed by atoms with Crippen LogP contribution in [0, 0.1) is 25.2 Å². The number of nitrogens with zero attached hydrogens (tertiary/aromatic N) is 3. The number of nitriles is 1. The molecule has 0 saturated carbocycles. The molecule has 0 unspecified atom stereocenters. The second-order valence-electron chi connectivity index (χ2n) is 5.52. The van der Waals surface area contributed by atoms with Gasteiger partial charge in [0.15, 0.2) is 0 Å². The standard InChI is InChI=1S/C20H16ClN3/c1-14-11-16(15(2)24(14)18-7-9-23-10-8-18)12-17(13-22)19-5-3-4-6-20(19)21/h3-12H,1-2H3. The summed E-state index contributed by atoms with van der Waals surface area (Å²) in [7, 11) is 0. The summed E-state index contributed by atoms with van der Waals surface area (Å²) in [6.07, 6.45) is 5.43. The summed E-state index contributed by atoms with van der Waals surface area (Å²) in [6.45, 7) is 4.09. The predicted octanol–water partition coefficient (Wildman–Crippen LogP) is 5.21. The Morgan fingerprint density at radius 3 is 2.54 bits per heavy atom. The molecular formula is C20H16ClN3. The Hall–Kier alpha value is -2.83. The molecule has 0 bridgehead atoms. The first-order valence-electron chi connectivity index (χ1n) is 7.58. The molecule has 4 heteroatoms. The average molecular weight is 334 g/mol. The molecule has 0 N–H and O–H groups in total. The lowest BCUT2D eigenvalue weighted by molar-refractivity contribution is 0.960. The molecular weight excluding hydrogens is 318 g/mol. The van der Waals surface area contributed by atoms with Gasteiger partial charge in [-0.25, -0.2) is 0 Å². The quantitative estimate of drug-likeness (QED) is 0.617. The van der Waals surface area contributed by atoms with Crippen LogP contribution in [-0.4, -0.2) is 9.55 Å². The molecule has 118 valence electrons. The summed E-state index contributed by atoms with van der Waals surface area (Å²) in [5.41, 5.74) is 5.52. The Bertz CT molecular complexity index is 947. The van der Waals surface area contributed by atoms with Gasteiger partial charge in [0.25, 0.3) is 0 Å². The van der Waals surface area contributed by atoms with E-state index in [4.69, 9.17) is 11.6 Å².